The highest BCUT2D eigenvalue weighted by Crippen LogP contribution is 2.42. The van der Waals surface area contributed by atoms with Crippen molar-refractivity contribution in [2.24, 2.45) is 0 Å². The second-order valence-corrected chi connectivity index (χ2v) is 22.7. The maximum absolute atomic E-state index is 8.95. The molecule has 0 N–H and O–H groups in total. The van der Waals surface area contributed by atoms with Gasteiger partial charge in [-0.15, -0.1) is 0 Å². The minimum absolute atomic E-state index is 0.0153. The van der Waals surface area contributed by atoms with Gasteiger partial charge in [-0.1, -0.05) is 139 Å². The summed E-state index contributed by atoms with van der Waals surface area (Å²) < 4.78 is 97.1. The first-order chi connectivity index (χ1) is 46.5. The average Bonchev–Trinajstić information content (AvgIpc) is 1.52. The molecule has 12 aromatic carbocycles. The van der Waals surface area contributed by atoms with Gasteiger partial charge in [-0.2, -0.15) is 0 Å². The second-order valence-electron chi connectivity index (χ2n) is 22.7. The summed E-state index contributed by atoms with van der Waals surface area (Å²) in [5.74, 6) is 6.80. The van der Waals surface area contributed by atoms with Crippen molar-refractivity contribution in [1.29, 1.82) is 0 Å². The van der Waals surface area contributed by atoms with Gasteiger partial charge in [0.1, 0.15) is 46.0 Å². The fraction of sp³-hybridized carbons (Fsp3) is 0.0133. The predicted molar refractivity (Wildman–Crippen MR) is 354 cm³/mol. The van der Waals surface area contributed by atoms with Crippen LogP contribution in [0.3, 0.4) is 0 Å². The first-order valence-electron chi connectivity index (χ1n) is 32.7. The molecule has 5 aromatic heterocycles. The Morgan fingerprint density at radius 2 is 0.784 bits per heavy atom. The lowest BCUT2D eigenvalue weighted by atomic mass is 9.35. The average molecular weight is 1140 g/mol. The van der Waals surface area contributed by atoms with Crippen LogP contribution in [0.2, 0.25) is 0 Å². The SMILES string of the molecule is [2H]c1c([2H])c([2H])c2c(c1[2H])n(-c1cc3c4c(c1)Oc1ccccc1B4c1ccccc1O3)c1nc3c([2H])c(C)c([2H])c([2H])c3n21.c1ccc2c(c1)Oc1cc(-n3c4ccc(-n5c6ccccc6c6ccccc65)cc4n4c5ccccc5nc34)cc3c1B2c1ccccc1O3. The van der Waals surface area contributed by atoms with E-state index in [0.717, 1.165) is 95.0 Å². The van der Waals surface area contributed by atoms with Crippen LogP contribution >= 0.6 is 0 Å². The number of hydrogen-bond donors (Lipinski definition) is 0. The van der Waals surface area contributed by atoms with Gasteiger partial charge in [0.2, 0.25) is 11.6 Å². The summed E-state index contributed by atoms with van der Waals surface area (Å²) in [6.07, 6.45) is 0. The van der Waals surface area contributed by atoms with Gasteiger partial charge >= 0.3 is 0 Å². The quantitative estimate of drug-likeness (QED) is 0.164. The van der Waals surface area contributed by atoms with Crippen LogP contribution in [0.25, 0.3) is 94.6 Å². The number of hydrogen-bond acceptors (Lipinski definition) is 6. The first kappa shape index (κ1) is 41.3. The highest BCUT2D eigenvalue weighted by atomic mass is 16.5. The Labute approximate surface area is 512 Å². The van der Waals surface area contributed by atoms with Crippen molar-refractivity contribution in [2.45, 2.75) is 6.92 Å². The number of ether oxygens (including phenoxy) is 4. The van der Waals surface area contributed by atoms with E-state index < -0.39 is 12.1 Å². The van der Waals surface area contributed by atoms with Gasteiger partial charge in [-0.3, -0.25) is 17.9 Å². The standard InChI is InChI=1S/C43H25BN4O2.C32H20BN3O2/c1-6-16-33-28(11-1)29-12-2-7-17-34(29)46(33)26-21-22-36-37(23-26)48-35-18-8-5-15-32(35)45-43(48)47(36)27-24-40-42-41(25-27)50-39-20-10-4-14-31(39)44(42)30-13-3-9-19-38(30)49-40;1-19-14-15-24-23(16-19)34-32-35(25-10-4-5-11-26(25)36(24)32)20-17-29-31-30(18-20)38-28-13-7-3-9-22(28)33(31)21-8-2-6-12-27(21)37-29/h1-25H;2-18H,1H3/i;4D,5D,10D,11D,14D,15D,16D. The third-order valence-electron chi connectivity index (χ3n) is 17.9. The molecule has 0 unspecified atom stereocenters. The molecule has 0 spiro atoms. The molecule has 4 aliphatic rings. The Bertz CT molecular complexity index is 6160. The highest BCUT2D eigenvalue weighted by molar-refractivity contribution is 6.99. The summed E-state index contributed by atoms with van der Waals surface area (Å²) in [5.41, 5.74) is 16.0. The molecular weight excluding hydrogens is 1080 g/mol. The van der Waals surface area contributed by atoms with Crippen LogP contribution in [0, 0.1) is 6.92 Å². The number of imidazole rings is 4. The summed E-state index contributed by atoms with van der Waals surface area (Å²) >= 11 is 0. The van der Waals surface area contributed by atoms with Crippen molar-refractivity contribution in [3.8, 4) is 63.1 Å². The lowest BCUT2D eigenvalue weighted by Crippen LogP contribution is -2.57. The molecule has 0 saturated carbocycles. The van der Waals surface area contributed by atoms with Crippen molar-refractivity contribution < 1.29 is 28.5 Å². The van der Waals surface area contributed by atoms with Crippen LogP contribution in [-0.4, -0.2) is 45.9 Å². The Hall–Kier alpha value is -11.7. The van der Waals surface area contributed by atoms with Crippen molar-refractivity contribution in [1.82, 2.24) is 32.5 Å². The van der Waals surface area contributed by atoms with Gasteiger partial charge in [0.15, 0.2) is 0 Å². The van der Waals surface area contributed by atoms with E-state index in [4.69, 9.17) is 38.5 Å². The van der Waals surface area contributed by atoms with Crippen molar-refractivity contribution in [3.05, 3.63) is 260 Å². The summed E-state index contributed by atoms with van der Waals surface area (Å²) in [7, 11) is 0. The number of nitrogens with zero attached hydrogens (tertiary/aromatic N) is 7. The van der Waals surface area contributed by atoms with Gasteiger partial charge in [0, 0.05) is 51.7 Å². The van der Waals surface area contributed by atoms with Gasteiger partial charge in [-0.25, -0.2) is 9.97 Å². The maximum Gasteiger partial charge on any atom is 0.260 e. The van der Waals surface area contributed by atoms with Gasteiger partial charge in [-0.05, 0) is 125 Å². The largest absolute Gasteiger partial charge is 0.458 e. The van der Waals surface area contributed by atoms with Crippen molar-refractivity contribution in [2.75, 3.05) is 0 Å². The van der Waals surface area contributed by atoms with Crippen molar-refractivity contribution in [3.63, 3.8) is 0 Å². The monoisotopic (exact) mass is 1140 g/mol. The zero-order chi connectivity index (χ0) is 63.5. The third kappa shape index (κ3) is 6.58. The lowest BCUT2D eigenvalue weighted by Gasteiger charge is -2.33. The number of para-hydroxylation sites is 10. The normalized spacial score (nSPS) is 14.3. The van der Waals surface area contributed by atoms with E-state index in [1.807, 2.05) is 78.9 Å². The molecule has 21 rings (SSSR count). The molecule has 0 radical (unpaired) electrons. The zero-order valence-electron chi connectivity index (χ0n) is 53.6. The molecule has 0 fully saturated rings. The number of rotatable bonds is 3. The van der Waals surface area contributed by atoms with E-state index in [-0.39, 0.29) is 71.5 Å². The van der Waals surface area contributed by atoms with Crippen LogP contribution in [-0.2, 0) is 0 Å². The zero-order valence-corrected chi connectivity index (χ0v) is 46.6. The minimum Gasteiger partial charge on any atom is -0.458 e. The molecule has 0 saturated heterocycles. The molecule has 88 heavy (non-hydrogen) atoms. The smallest absolute Gasteiger partial charge is 0.260 e. The minimum atomic E-state index is -0.438. The van der Waals surface area contributed by atoms with E-state index in [2.05, 4.69) is 147 Å². The lowest BCUT2D eigenvalue weighted by molar-refractivity contribution is 0.463. The number of fused-ring (bicyclic) bond motifs is 21. The summed E-state index contributed by atoms with van der Waals surface area (Å²) in [6, 6.07) is 70.8. The van der Waals surface area contributed by atoms with Crippen LogP contribution in [0.1, 0.15) is 15.2 Å². The molecule has 0 aliphatic carbocycles. The van der Waals surface area contributed by atoms with Crippen LogP contribution in [0.5, 0.6) is 46.0 Å². The number of aromatic nitrogens is 7. The second kappa shape index (κ2) is 17.7. The molecule has 11 nitrogen and oxygen atoms in total. The number of benzene rings is 12. The molecule has 17 aromatic rings. The summed E-state index contributed by atoms with van der Waals surface area (Å²) in [5, 5.41) is 2.48. The first-order valence-corrected chi connectivity index (χ1v) is 29.2. The highest BCUT2D eigenvalue weighted by Gasteiger charge is 2.42. The molecule has 13 heteroatoms. The fourth-order valence-electron chi connectivity index (χ4n) is 14.3. The maximum atomic E-state index is 8.95. The predicted octanol–water partition coefficient (Wildman–Crippen LogP) is 13.7. The van der Waals surface area contributed by atoms with Gasteiger partial charge < -0.3 is 23.5 Å². The molecule has 0 atom stereocenters. The van der Waals surface area contributed by atoms with Gasteiger partial charge in [0.25, 0.3) is 13.4 Å². The molecule has 410 valence electrons. The van der Waals surface area contributed by atoms with E-state index in [1.165, 1.54) is 26.2 Å². The molecule has 0 bridgehead atoms. The molecule has 9 heterocycles. The summed E-state index contributed by atoms with van der Waals surface area (Å²) in [4.78, 5) is 9.99. The van der Waals surface area contributed by atoms with E-state index in [9.17, 15) is 0 Å². The Morgan fingerprint density at radius 3 is 1.33 bits per heavy atom. The van der Waals surface area contributed by atoms with Gasteiger partial charge in [0.05, 0.1) is 76.1 Å². The fourth-order valence-corrected chi connectivity index (χ4v) is 14.3. The van der Waals surface area contributed by atoms with Crippen LogP contribution in [0.4, 0.5) is 0 Å². The molecule has 0 amide bonds. The summed E-state index contributed by atoms with van der Waals surface area (Å²) in [6.45, 7) is 1.47. The molecule has 4 aliphatic heterocycles. The molecular formula is C75H45B2N7O4. The van der Waals surface area contributed by atoms with E-state index >= 15 is 0 Å². The Kier molecular flexibility index (Phi) is 8.31. The Morgan fingerprint density at radius 1 is 0.341 bits per heavy atom. The van der Waals surface area contributed by atoms with Crippen LogP contribution < -0.4 is 51.7 Å². The van der Waals surface area contributed by atoms with E-state index in [1.54, 1.807) is 11.5 Å². The Balaban J connectivity index is 0.000000131. The topological polar surface area (TPSA) is 86.3 Å². The third-order valence-corrected chi connectivity index (χ3v) is 17.9. The van der Waals surface area contributed by atoms with E-state index in [0.29, 0.717) is 34.2 Å². The van der Waals surface area contributed by atoms with Crippen LogP contribution in [0.15, 0.2) is 255 Å². The van der Waals surface area contributed by atoms with Crippen molar-refractivity contribution >= 4 is 124 Å².